The molecule has 0 radical (unpaired) electrons. The Kier molecular flexibility index (Phi) is 4.37. The summed E-state index contributed by atoms with van der Waals surface area (Å²) in [7, 11) is 0. The first kappa shape index (κ1) is 16.2. The van der Waals surface area contributed by atoms with Crippen molar-refractivity contribution in [2.75, 3.05) is 5.32 Å². The normalized spacial score (nSPS) is 15.7. The van der Waals surface area contributed by atoms with Gasteiger partial charge in [0, 0.05) is 5.69 Å². The molecule has 0 aliphatic heterocycles. The van der Waals surface area contributed by atoms with E-state index in [4.69, 9.17) is 23.2 Å². The summed E-state index contributed by atoms with van der Waals surface area (Å²) in [5.74, 6) is -2.22. The number of primary amides is 1. The number of nitrogens with zero attached hydrogens (tertiary/aromatic N) is 1. The lowest BCUT2D eigenvalue weighted by molar-refractivity contribution is -0.137. The zero-order valence-corrected chi connectivity index (χ0v) is 12.1. The van der Waals surface area contributed by atoms with Gasteiger partial charge in [-0.25, -0.2) is 0 Å². The molecule has 22 heavy (non-hydrogen) atoms. The molecule has 1 aromatic rings. The van der Waals surface area contributed by atoms with E-state index in [0.29, 0.717) is 5.56 Å². The van der Waals surface area contributed by atoms with Crippen LogP contribution in [0.4, 0.5) is 18.9 Å². The average molecular weight is 327 g/mol. The summed E-state index contributed by atoms with van der Waals surface area (Å²) in [6.07, 6.45) is -2.80. The first-order chi connectivity index (χ1) is 10.2. The predicted molar refractivity (Wildman–Crippen MR) is 77.9 cm³/mol. The highest BCUT2D eigenvalue weighted by Gasteiger charge is 2.33. The second-order valence-corrected chi connectivity index (χ2v) is 5.51. The van der Waals surface area contributed by atoms with Crippen molar-refractivity contribution in [2.45, 2.75) is 24.9 Å². The number of anilines is 1. The van der Waals surface area contributed by atoms with Crippen LogP contribution in [0.2, 0.25) is 0 Å². The fourth-order valence-electron chi connectivity index (χ4n) is 2.01. The fraction of sp³-hybridized carbons (Fsp3) is 0.357. The Labute approximate surface area is 130 Å². The Morgan fingerprint density at radius 3 is 2.50 bits per heavy atom. The van der Waals surface area contributed by atoms with Gasteiger partial charge in [0.1, 0.15) is 4.99 Å². The van der Waals surface area contributed by atoms with Crippen molar-refractivity contribution in [3.8, 4) is 6.07 Å². The molecule has 0 saturated heterocycles. The SMILES string of the molecule is N#CC(C(N)=O)C(=S)Nc1cc(C2CC2)cc(C(F)(F)F)c1. The second kappa shape index (κ2) is 5.93. The Balaban J connectivity index is 2.30. The number of carbonyl (C=O) groups is 1. The molecule has 1 saturated carbocycles. The molecule has 0 aromatic heterocycles. The van der Waals surface area contributed by atoms with Crippen LogP contribution in [0.3, 0.4) is 0 Å². The summed E-state index contributed by atoms with van der Waals surface area (Å²) in [6.45, 7) is 0. The number of carbonyl (C=O) groups excluding carboxylic acids is 1. The topological polar surface area (TPSA) is 78.9 Å². The predicted octanol–water partition coefficient (Wildman–Crippen LogP) is 2.95. The quantitative estimate of drug-likeness (QED) is 0.833. The minimum Gasteiger partial charge on any atom is -0.368 e. The molecule has 1 aliphatic rings. The third kappa shape index (κ3) is 3.74. The Hall–Kier alpha value is -2.14. The maximum atomic E-state index is 12.9. The highest BCUT2D eigenvalue weighted by Crippen LogP contribution is 2.43. The van der Waals surface area contributed by atoms with E-state index in [0.717, 1.165) is 25.0 Å². The summed E-state index contributed by atoms with van der Waals surface area (Å²) in [4.78, 5) is 10.9. The summed E-state index contributed by atoms with van der Waals surface area (Å²) >= 11 is 4.88. The highest BCUT2D eigenvalue weighted by molar-refractivity contribution is 7.80. The summed E-state index contributed by atoms with van der Waals surface area (Å²) < 4.78 is 38.8. The number of nitriles is 1. The molecule has 1 aliphatic carbocycles. The first-order valence-electron chi connectivity index (χ1n) is 6.44. The smallest absolute Gasteiger partial charge is 0.368 e. The number of thiocarbonyl (C=S) groups is 1. The van der Waals surface area contributed by atoms with Gasteiger partial charge in [0.05, 0.1) is 11.6 Å². The Bertz CT molecular complexity index is 662. The monoisotopic (exact) mass is 327 g/mol. The molecule has 0 bridgehead atoms. The molecule has 8 heteroatoms. The van der Waals surface area contributed by atoms with Gasteiger partial charge in [-0.1, -0.05) is 12.2 Å². The van der Waals surface area contributed by atoms with Crippen molar-refractivity contribution in [3.63, 3.8) is 0 Å². The minimum atomic E-state index is -4.48. The zero-order valence-electron chi connectivity index (χ0n) is 11.3. The van der Waals surface area contributed by atoms with E-state index < -0.39 is 23.6 Å². The summed E-state index contributed by atoms with van der Waals surface area (Å²) in [5.41, 5.74) is 4.89. The molecule has 2 rings (SSSR count). The number of hydrogen-bond donors (Lipinski definition) is 2. The van der Waals surface area contributed by atoms with Gasteiger partial charge >= 0.3 is 6.18 Å². The molecule has 1 atom stereocenters. The number of benzene rings is 1. The van der Waals surface area contributed by atoms with Crippen LogP contribution >= 0.6 is 12.2 Å². The van der Waals surface area contributed by atoms with Crippen molar-refractivity contribution in [1.82, 2.24) is 0 Å². The average Bonchev–Trinajstić information content (AvgIpc) is 3.21. The fourth-order valence-corrected chi connectivity index (χ4v) is 2.29. The maximum Gasteiger partial charge on any atom is 0.416 e. The number of alkyl halides is 3. The summed E-state index contributed by atoms with van der Waals surface area (Å²) in [5, 5.41) is 11.3. The van der Waals surface area contributed by atoms with Crippen LogP contribution in [0.5, 0.6) is 0 Å². The van der Waals surface area contributed by atoms with Gasteiger partial charge in [0.25, 0.3) is 0 Å². The van der Waals surface area contributed by atoms with Gasteiger partial charge in [-0.05, 0) is 42.5 Å². The Morgan fingerprint density at radius 1 is 1.41 bits per heavy atom. The summed E-state index contributed by atoms with van der Waals surface area (Å²) in [6, 6.07) is 5.18. The van der Waals surface area contributed by atoms with E-state index in [1.807, 2.05) is 0 Å². The van der Waals surface area contributed by atoms with E-state index in [9.17, 15) is 18.0 Å². The van der Waals surface area contributed by atoms with Gasteiger partial charge in [-0.2, -0.15) is 18.4 Å². The van der Waals surface area contributed by atoms with Gasteiger partial charge in [-0.15, -0.1) is 0 Å². The molecular weight excluding hydrogens is 315 g/mol. The van der Waals surface area contributed by atoms with Crippen molar-refractivity contribution in [1.29, 1.82) is 5.26 Å². The standard InChI is InChI=1S/C14H12F3N3OS/c15-14(16,17)9-3-8(7-1-2-7)4-10(5-9)20-13(22)11(6-18)12(19)21/h3-5,7,11H,1-2H2,(H2,19,21)(H,20,22). The highest BCUT2D eigenvalue weighted by atomic mass is 32.1. The molecule has 0 spiro atoms. The number of amides is 1. The third-order valence-electron chi connectivity index (χ3n) is 3.27. The van der Waals surface area contributed by atoms with Crippen molar-refractivity contribution >= 4 is 28.8 Å². The Morgan fingerprint density at radius 2 is 2.05 bits per heavy atom. The molecular formula is C14H12F3N3OS. The number of nitrogens with one attached hydrogen (secondary N) is 1. The first-order valence-corrected chi connectivity index (χ1v) is 6.85. The van der Waals surface area contributed by atoms with Gasteiger partial charge in [0.15, 0.2) is 5.92 Å². The number of hydrogen-bond acceptors (Lipinski definition) is 3. The van der Waals surface area contributed by atoms with Crippen LogP contribution < -0.4 is 11.1 Å². The van der Waals surface area contributed by atoms with Crippen molar-refractivity contribution in [2.24, 2.45) is 11.7 Å². The van der Waals surface area contributed by atoms with E-state index in [1.54, 1.807) is 12.1 Å². The van der Waals surface area contributed by atoms with Crippen LogP contribution in [-0.2, 0) is 11.0 Å². The van der Waals surface area contributed by atoms with Crippen LogP contribution in [0.25, 0.3) is 0 Å². The third-order valence-corrected chi connectivity index (χ3v) is 3.61. The number of nitrogens with two attached hydrogens (primary N) is 1. The van der Waals surface area contributed by atoms with E-state index in [-0.39, 0.29) is 16.6 Å². The molecule has 1 fully saturated rings. The van der Waals surface area contributed by atoms with Crippen molar-refractivity contribution < 1.29 is 18.0 Å². The van der Waals surface area contributed by atoms with Crippen molar-refractivity contribution in [3.05, 3.63) is 29.3 Å². The van der Waals surface area contributed by atoms with Gasteiger partial charge in [0.2, 0.25) is 5.91 Å². The molecule has 1 aromatic carbocycles. The largest absolute Gasteiger partial charge is 0.416 e. The van der Waals surface area contributed by atoms with Crippen LogP contribution in [0, 0.1) is 17.2 Å². The maximum absolute atomic E-state index is 12.9. The van der Waals surface area contributed by atoms with Crippen LogP contribution in [-0.4, -0.2) is 10.9 Å². The molecule has 1 amide bonds. The van der Waals surface area contributed by atoms with Gasteiger partial charge < -0.3 is 11.1 Å². The molecule has 1 unspecified atom stereocenters. The molecule has 4 nitrogen and oxygen atoms in total. The number of halogens is 3. The molecule has 0 heterocycles. The van der Waals surface area contributed by atoms with Gasteiger partial charge in [-0.3, -0.25) is 4.79 Å². The molecule has 116 valence electrons. The van der Waals surface area contributed by atoms with E-state index in [2.05, 4.69) is 5.32 Å². The van der Waals surface area contributed by atoms with E-state index >= 15 is 0 Å². The van der Waals surface area contributed by atoms with E-state index in [1.165, 1.54) is 0 Å². The lowest BCUT2D eigenvalue weighted by atomic mass is 10.0. The number of rotatable bonds is 4. The second-order valence-electron chi connectivity index (χ2n) is 5.07. The van der Waals surface area contributed by atoms with Crippen LogP contribution in [0.1, 0.15) is 29.9 Å². The zero-order chi connectivity index (χ0) is 16.5. The van der Waals surface area contributed by atoms with Crippen LogP contribution in [0.15, 0.2) is 18.2 Å². The lowest BCUT2D eigenvalue weighted by Gasteiger charge is -2.15. The lowest BCUT2D eigenvalue weighted by Crippen LogP contribution is -2.32. The minimum absolute atomic E-state index is 0.100. The molecule has 3 N–H and O–H groups in total.